The van der Waals surface area contributed by atoms with Crippen molar-refractivity contribution in [3.8, 4) is 0 Å². The van der Waals surface area contributed by atoms with Crippen LogP contribution >= 0.6 is 27.3 Å². The summed E-state index contributed by atoms with van der Waals surface area (Å²) in [5.41, 5.74) is 3.68. The fourth-order valence-corrected chi connectivity index (χ4v) is 2.74. The van der Waals surface area contributed by atoms with Crippen LogP contribution in [0.15, 0.2) is 22.1 Å². The van der Waals surface area contributed by atoms with E-state index in [1.54, 1.807) is 16.0 Å². The number of hydrogen-bond donors (Lipinski definition) is 2. The Hall–Kier alpha value is -0.760. The summed E-state index contributed by atoms with van der Waals surface area (Å²) in [5.74, 6) is 5.56. The molecule has 0 saturated carbocycles. The van der Waals surface area contributed by atoms with Crippen molar-refractivity contribution < 1.29 is 0 Å². The van der Waals surface area contributed by atoms with E-state index in [9.17, 15) is 0 Å². The minimum Gasteiger partial charge on any atom is -0.270 e. The number of halogens is 1. The van der Waals surface area contributed by atoms with Crippen LogP contribution in [0.2, 0.25) is 0 Å². The standard InChI is InChI=1S/C8H10BrN5S/c1-14-7(8(9)12-13-14)6(11-10)5-3-2-4-15-5/h2-4,6,11H,10H2,1H3. The van der Waals surface area contributed by atoms with Crippen LogP contribution in [0.25, 0.3) is 0 Å². The van der Waals surface area contributed by atoms with E-state index in [4.69, 9.17) is 5.84 Å². The molecular formula is C8H10BrN5S. The Labute approximate surface area is 99.4 Å². The van der Waals surface area contributed by atoms with Gasteiger partial charge in [0.05, 0.1) is 11.7 Å². The molecule has 0 aromatic carbocycles. The van der Waals surface area contributed by atoms with Gasteiger partial charge in [-0.05, 0) is 27.4 Å². The van der Waals surface area contributed by atoms with Crippen molar-refractivity contribution >= 4 is 27.3 Å². The number of nitrogens with one attached hydrogen (secondary N) is 1. The first-order valence-corrected chi connectivity index (χ1v) is 5.96. The first-order valence-electron chi connectivity index (χ1n) is 4.28. The van der Waals surface area contributed by atoms with E-state index in [0.717, 1.165) is 10.6 Å². The summed E-state index contributed by atoms with van der Waals surface area (Å²) in [4.78, 5) is 1.13. The summed E-state index contributed by atoms with van der Waals surface area (Å²) in [6.07, 6.45) is 0. The molecule has 0 aliphatic rings. The lowest BCUT2D eigenvalue weighted by Gasteiger charge is -2.14. The van der Waals surface area contributed by atoms with Crippen molar-refractivity contribution in [3.05, 3.63) is 32.7 Å². The molecule has 0 amide bonds. The molecule has 0 fully saturated rings. The Morgan fingerprint density at radius 2 is 2.47 bits per heavy atom. The Morgan fingerprint density at radius 3 is 2.93 bits per heavy atom. The molecule has 5 nitrogen and oxygen atoms in total. The van der Waals surface area contributed by atoms with Crippen LogP contribution < -0.4 is 11.3 Å². The second-order valence-corrected chi connectivity index (χ2v) is 4.73. The number of rotatable bonds is 3. The molecule has 2 aromatic rings. The molecule has 0 aliphatic heterocycles. The predicted octanol–water partition coefficient (Wildman–Crippen LogP) is 1.19. The lowest BCUT2D eigenvalue weighted by Crippen LogP contribution is -2.30. The lowest BCUT2D eigenvalue weighted by atomic mass is 10.2. The average Bonchev–Trinajstić information content (AvgIpc) is 2.83. The van der Waals surface area contributed by atoms with Gasteiger partial charge in [-0.25, -0.2) is 10.1 Å². The molecule has 7 heteroatoms. The Balaban J connectivity index is 2.44. The molecule has 2 heterocycles. The minimum atomic E-state index is -0.0839. The molecule has 0 spiro atoms. The van der Waals surface area contributed by atoms with Crippen LogP contribution in [0.1, 0.15) is 16.6 Å². The molecule has 0 saturated heterocycles. The summed E-state index contributed by atoms with van der Waals surface area (Å²) in [6, 6.07) is 3.93. The molecule has 0 radical (unpaired) electrons. The van der Waals surface area contributed by atoms with Crippen LogP contribution in [0.5, 0.6) is 0 Å². The highest BCUT2D eigenvalue weighted by atomic mass is 79.9. The number of thiophene rings is 1. The Kier molecular flexibility index (Phi) is 3.15. The van der Waals surface area contributed by atoms with Gasteiger partial charge in [0.25, 0.3) is 0 Å². The highest BCUT2D eigenvalue weighted by molar-refractivity contribution is 9.10. The van der Waals surface area contributed by atoms with E-state index in [2.05, 4.69) is 31.7 Å². The van der Waals surface area contributed by atoms with Crippen LogP contribution in [-0.4, -0.2) is 15.0 Å². The topological polar surface area (TPSA) is 68.8 Å². The maximum absolute atomic E-state index is 5.56. The van der Waals surface area contributed by atoms with Crippen molar-refractivity contribution in [1.82, 2.24) is 20.4 Å². The molecule has 15 heavy (non-hydrogen) atoms. The zero-order valence-corrected chi connectivity index (χ0v) is 10.4. The molecule has 80 valence electrons. The number of nitrogens with two attached hydrogens (primary N) is 1. The SMILES string of the molecule is Cn1nnc(Br)c1C(NN)c1cccs1. The zero-order chi connectivity index (χ0) is 10.8. The summed E-state index contributed by atoms with van der Waals surface area (Å²) >= 11 is 5.00. The first-order chi connectivity index (χ1) is 7.24. The van der Waals surface area contributed by atoms with Gasteiger partial charge in [-0.2, -0.15) is 0 Å². The van der Waals surface area contributed by atoms with Gasteiger partial charge in [-0.3, -0.25) is 5.84 Å². The van der Waals surface area contributed by atoms with E-state index in [1.807, 2.05) is 24.6 Å². The van der Waals surface area contributed by atoms with E-state index < -0.39 is 0 Å². The van der Waals surface area contributed by atoms with E-state index in [1.165, 1.54) is 0 Å². The van der Waals surface area contributed by atoms with E-state index in [-0.39, 0.29) is 6.04 Å². The number of nitrogens with zero attached hydrogens (tertiary/aromatic N) is 3. The van der Waals surface area contributed by atoms with Gasteiger partial charge in [0.2, 0.25) is 0 Å². The highest BCUT2D eigenvalue weighted by Crippen LogP contribution is 2.28. The van der Waals surface area contributed by atoms with Crippen molar-refractivity contribution in [2.45, 2.75) is 6.04 Å². The maximum Gasteiger partial charge on any atom is 0.153 e. The number of aryl methyl sites for hydroxylation is 1. The van der Waals surface area contributed by atoms with Gasteiger partial charge in [0.1, 0.15) is 0 Å². The molecular weight excluding hydrogens is 278 g/mol. The summed E-state index contributed by atoms with van der Waals surface area (Å²) in [7, 11) is 1.84. The molecule has 0 bridgehead atoms. The third-order valence-electron chi connectivity index (χ3n) is 2.09. The fourth-order valence-electron chi connectivity index (χ4n) is 1.40. The third-order valence-corrected chi connectivity index (χ3v) is 3.60. The fraction of sp³-hybridized carbons (Fsp3) is 0.250. The quantitative estimate of drug-likeness (QED) is 0.657. The summed E-state index contributed by atoms with van der Waals surface area (Å²) in [6.45, 7) is 0. The predicted molar refractivity (Wildman–Crippen MR) is 62.2 cm³/mol. The van der Waals surface area contributed by atoms with Gasteiger partial charge in [0.15, 0.2) is 4.60 Å². The van der Waals surface area contributed by atoms with Gasteiger partial charge < -0.3 is 0 Å². The zero-order valence-electron chi connectivity index (χ0n) is 8.01. The number of hydrazine groups is 1. The van der Waals surface area contributed by atoms with Crippen LogP contribution in [-0.2, 0) is 7.05 Å². The molecule has 2 rings (SSSR count). The van der Waals surface area contributed by atoms with Gasteiger partial charge >= 0.3 is 0 Å². The monoisotopic (exact) mass is 287 g/mol. The van der Waals surface area contributed by atoms with Crippen molar-refractivity contribution in [2.24, 2.45) is 12.9 Å². The lowest BCUT2D eigenvalue weighted by molar-refractivity contribution is 0.575. The molecule has 2 aromatic heterocycles. The molecule has 1 atom stereocenters. The first kappa shape index (κ1) is 10.7. The van der Waals surface area contributed by atoms with Crippen molar-refractivity contribution in [1.29, 1.82) is 0 Å². The average molecular weight is 288 g/mol. The number of aromatic nitrogens is 3. The van der Waals surface area contributed by atoms with Crippen LogP contribution in [0, 0.1) is 0 Å². The second-order valence-electron chi connectivity index (χ2n) is 3.00. The third kappa shape index (κ3) is 1.96. The smallest absolute Gasteiger partial charge is 0.153 e. The normalized spacial score (nSPS) is 13.0. The van der Waals surface area contributed by atoms with Gasteiger partial charge in [0, 0.05) is 11.9 Å². The van der Waals surface area contributed by atoms with Crippen LogP contribution in [0.4, 0.5) is 0 Å². The largest absolute Gasteiger partial charge is 0.270 e. The Bertz CT molecular complexity index is 418. The van der Waals surface area contributed by atoms with Gasteiger partial charge in [-0.15, -0.1) is 16.4 Å². The molecule has 0 aliphatic carbocycles. The Morgan fingerprint density at radius 1 is 1.67 bits per heavy atom. The van der Waals surface area contributed by atoms with E-state index in [0.29, 0.717) is 4.60 Å². The van der Waals surface area contributed by atoms with Crippen molar-refractivity contribution in [2.75, 3.05) is 0 Å². The number of hydrogen-bond acceptors (Lipinski definition) is 5. The van der Waals surface area contributed by atoms with E-state index >= 15 is 0 Å². The molecule has 1 unspecified atom stereocenters. The minimum absolute atomic E-state index is 0.0839. The van der Waals surface area contributed by atoms with Crippen molar-refractivity contribution in [3.63, 3.8) is 0 Å². The second kappa shape index (κ2) is 4.40. The maximum atomic E-state index is 5.56. The molecule has 3 N–H and O–H groups in total. The van der Waals surface area contributed by atoms with Crippen LogP contribution in [0.3, 0.4) is 0 Å². The van der Waals surface area contributed by atoms with Gasteiger partial charge in [-0.1, -0.05) is 11.3 Å². The highest BCUT2D eigenvalue weighted by Gasteiger charge is 2.21. The summed E-state index contributed by atoms with van der Waals surface area (Å²) < 4.78 is 2.41. The summed E-state index contributed by atoms with van der Waals surface area (Å²) in [5, 5.41) is 9.87.